The number of piperidine rings is 1. The fraction of sp³-hybridized carbons (Fsp3) is 0.310. The molecular formula is C29H32FN3O2. The molecule has 0 aromatic heterocycles. The van der Waals surface area contributed by atoms with Gasteiger partial charge in [0.15, 0.2) is 0 Å². The Bertz CT molecular complexity index is 1140. The van der Waals surface area contributed by atoms with E-state index in [-0.39, 0.29) is 36.1 Å². The number of nitrogens with one attached hydrogen (secondary N) is 2. The predicted molar refractivity (Wildman–Crippen MR) is 137 cm³/mol. The second kappa shape index (κ2) is 11.6. The van der Waals surface area contributed by atoms with Crippen molar-refractivity contribution in [3.05, 3.63) is 101 Å². The summed E-state index contributed by atoms with van der Waals surface area (Å²) >= 11 is 0. The normalized spacial score (nSPS) is 14.9. The predicted octanol–water partition coefficient (Wildman–Crippen LogP) is 5.03. The van der Waals surface area contributed by atoms with E-state index >= 15 is 0 Å². The summed E-state index contributed by atoms with van der Waals surface area (Å²) in [5.74, 6) is -0.631. The van der Waals surface area contributed by atoms with Crippen molar-refractivity contribution in [2.75, 3.05) is 18.0 Å². The molecule has 5 nitrogen and oxygen atoms in total. The zero-order chi connectivity index (χ0) is 24.6. The summed E-state index contributed by atoms with van der Waals surface area (Å²) in [7, 11) is 0. The van der Waals surface area contributed by atoms with Crippen LogP contribution in [0.3, 0.4) is 0 Å². The van der Waals surface area contributed by atoms with E-state index in [4.69, 9.17) is 0 Å². The van der Waals surface area contributed by atoms with Gasteiger partial charge < -0.3 is 15.5 Å². The van der Waals surface area contributed by atoms with Crippen LogP contribution in [-0.2, 0) is 11.3 Å². The number of hydrogen-bond acceptors (Lipinski definition) is 3. The molecule has 1 saturated heterocycles. The molecule has 1 atom stereocenters. The van der Waals surface area contributed by atoms with Crippen molar-refractivity contribution in [2.45, 2.75) is 44.7 Å². The summed E-state index contributed by atoms with van der Waals surface area (Å²) < 4.78 is 13.9. The first kappa shape index (κ1) is 24.5. The van der Waals surface area contributed by atoms with Gasteiger partial charge in [-0.3, -0.25) is 9.59 Å². The quantitative estimate of drug-likeness (QED) is 0.482. The van der Waals surface area contributed by atoms with E-state index in [1.807, 2.05) is 55.5 Å². The lowest BCUT2D eigenvalue weighted by molar-refractivity contribution is -0.123. The van der Waals surface area contributed by atoms with Crippen molar-refractivity contribution < 1.29 is 14.0 Å². The summed E-state index contributed by atoms with van der Waals surface area (Å²) in [4.78, 5) is 28.1. The molecule has 6 heteroatoms. The summed E-state index contributed by atoms with van der Waals surface area (Å²) in [5.41, 5.74) is 2.93. The lowest BCUT2D eigenvalue weighted by atomic mass is 9.94. The molecule has 1 heterocycles. The molecule has 3 aromatic carbocycles. The van der Waals surface area contributed by atoms with Gasteiger partial charge in [-0.25, -0.2) is 4.39 Å². The number of nitrogens with zero attached hydrogens (tertiary/aromatic N) is 1. The highest BCUT2D eigenvalue weighted by Gasteiger charge is 2.26. The third-order valence-corrected chi connectivity index (χ3v) is 6.65. The molecule has 0 radical (unpaired) electrons. The van der Waals surface area contributed by atoms with Gasteiger partial charge in [0.05, 0.1) is 11.5 Å². The molecule has 1 aliphatic rings. The van der Waals surface area contributed by atoms with Crippen LogP contribution in [0.4, 0.5) is 10.1 Å². The van der Waals surface area contributed by atoms with Gasteiger partial charge in [0, 0.05) is 36.9 Å². The zero-order valence-corrected chi connectivity index (χ0v) is 20.0. The molecular weight excluding hydrogens is 441 g/mol. The maximum Gasteiger partial charge on any atom is 0.253 e. The van der Waals surface area contributed by atoms with Crippen molar-refractivity contribution in [1.29, 1.82) is 0 Å². The number of carbonyl (C=O) groups is 2. The molecule has 182 valence electrons. The van der Waals surface area contributed by atoms with Crippen LogP contribution in [0.1, 0.15) is 53.6 Å². The Morgan fingerprint density at radius 3 is 2.31 bits per heavy atom. The number of rotatable bonds is 8. The van der Waals surface area contributed by atoms with Gasteiger partial charge in [0.25, 0.3) is 5.91 Å². The average molecular weight is 474 g/mol. The molecule has 1 aliphatic heterocycles. The minimum absolute atomic E-state index is 0.0741. The number of benzene rings is 3. The van der Waals surface area contributed by atoms with Crippen LogP contribution in [0.5, 0.6) is 0 Å². The highest BCUT2D eigenvalue weighted by atomic mass is 19.1. The molecule has 35 heavy (non-hydrogen) atoms. The van der Waals surface area contributed by atoms with Crippen LogP contribution < -0.4 is 15.5 Å². The van der Waals surface area contributed by atoms with Crippen LogP contribution >= 0.6 is 0 Å². The lowest BCUT2D eigenvalue weighted by Crippen LogP contribution is -2.46. The van der Waals surface area contributed by atoms with E-state index in [0.717, 1.165) is 43.6 Å². The molecule has 2 N–H and O–H groups in total. The van der Waals surface area contributed by atoms with Gasteiger partial charge >= 0.3 is 0 Å². The Morgan fingerprint density at radius 1 is 0.943 bits per heavy atom. The van der Waals surface area contributed by atoms with Gasteiger partial charge in [-0.05, 0) is 43.0 Å². The highest BCUT2D eigenvalue weighted by molar-refractivity contribution is 5.99. The smallest absolute Gasteiger partial charge is 0.253 e. The van der Waals surface area contributed by atoms with E-state index in [0.29, 0.717) is 11.1 Å². The Hall–Kier alpha value is -3.67. The molecule has 1 unspecified atom stereocenters. The SMILES string of the molecule is CCC(C(=O)NC1CCN(c2ccccc2C(=O)NCc2ccccc2F)CC1)c1ccccc1. The Kier molecular flexibility index (Phi) is 8.14. The first-order valence-corrected chi connectivity index (χ1v) is 12.3. The molecule has 0 spiro atoms. The van der Waals surface area contributed by atoms with Crippen molar-refractivity contribution in [2.24, 2.45) is 0 Å². The second-order valence-corrected chi connectivity index (χ2v) is 8.93. The van der Waals surface area contributed by atoms with Crippen LogP contribution in [0.15, 0.2) is 78.9 Å². The van der Waals surface area contributed by atoms with Crippen molar-refractivity contribution in [3.8, 4) is 0 Å². The fourth-order valence-corrected chi connectivity index (χ4v) is 4.68. The van der Waals surface area contributed by atoms with Gasteiger partial charge in [-0.2, -0.15) is 0 Å². The number of para-hydroxylation sites is 1. The van der Waals surface area contributed by atoms with Crippen molar-refractivity contribution in [3.63, 3.8) is 0 Å². The Balaban J connectivity index is 1.35. The van der Waals surface area contributed by atoms with Crippen LogP contribution in [-0.4, -0.2) is 30.9 Å². The van der Waals surface area contributed by atoms with Gasteiger partial charge in [0.2, 0.25) is 5.91 Å². The van der Waals surface area contributed by atoms with Crippen molar-refractivity contribution >= 4 is 17.5 Å². The van der Waals surface area contributed by atoms with Crippen LogP contribution in [0, 0.1) is 5.82 Å². The molecule has 4 rings (SSSR count). The molecule has 1 fully saturated rings. The summed E-state index contributed by atoms with van der Waals surface area (Å²) in [6.45, 7) is 3.65. The van der Waals surface area contributed by atoms with E-state index in [1.165, 1.54) is 6.07 Å². The Labute approximate surface area is 206 Å². The van der Waals surface area contributed by atoms with E-state index in [1.54, 1.807) is 24.3 Å². The third-order valence-electron chi connectivity index (χ3n) is 6.65. The van der Waals surface area contributed by atoms with Crippen molar-refractivity contribution in [1.82, 2.24) is 10.6 Å². The highest BCUT2D eigenvalue weighted by Crippen LogP contribution is 2.26. The maximum absolute atomic E-state index is 13.9. The van der Waals surface area contributed by atoms with E-state index in [9.17, 15) is 14.0 Å². The summed E-state index contributed by atoms with van der Waals surface area (Å²) in [6, 6.07) is 24.0. The summed E-state index contributed by atoms with van der Waals surface area (Å²) in [5, 5.41) is 6.08. The number of anilines is 1. The molecule has 0 aliphatic carbocycles. The molecule has 2 amide bonds. The van der Waals surface area contributed by atoms with Gasteiger partial charge in [-0.15, -0.1) is 0 Å². The fourth-order valence-electron chi connectivity index (χ4n) is 4.68. The number of amides is 2. The topological polar surface area (TPSA) is 61.4 Å². The first-order chi connectivity index (χ1) is 17.1. The van der Waals surface area contributed by atoms with E-state index < -0.39 is 0 Å². The van der Waals surface area contributed by atoms with Gasteiger partial charge in [-0.1, -0.05) is 67.6 Å². The number of hydrogen-bond donors (Lipinski definition) is 2. The lowest BCUT2D eigenvalue weighted by Gasteiger charge is -2.35. The molecule has 0 saturated carbocycles. The summed E-state index contributed by atoms with van der Waals surface area (Å²) in [6.07, 6.45) is 2.37. The van der Waals surface area contributed by atoms with Crippen LogP contribution in [0.2, 0.25) is 0 Å². The van der Waals surface area contributed by atoms with Crippen LogP contribution in [0.25, 0.3) is 0 Å². The Morgan fingerprint density at radius 2 is 1.60 bits per heavy atom. The standard InChI is InChI=1S/C29H32FN3O2/c1-2-24(21-10-4-3-5-11-21)29(35)32-23-16-18-33(19-17-23)27-15-9-7-13-25(27)28(34)31-20-22-12-6-8-14-26(22)30/h3-15,23-24H,2,16-20H2,1H3,(H,31,34)(H,32,35). The number of halogens is 1. The largest absolute Gasteiger partial charge is 0.371 e. The average Bonchev–Trinajstić information content (AvgIpc) is 2.89. The number of carbonyl (C=O) groups excluding carboxylic acids is 2. The minimum Gasteiger partial charge on any atom is -0.371 e. The first-order valence-electron chi connectivity index (χ1n) is 12.3. The zero-order valence-electron chi connectivity index (χ0n) is 20.0. The second-order valence-electron chi connectivity index (χ2n) is 8.93. The molecule has 3 aromatic rings. The minimum atomic E-state index is -0.331. The van der Waals surface area contributed by atoms with Gasteiger partial charge in [0.1, 0.15) is 5.82 Å². The van der Waals surface area contributed by atoms with E-state index in [2.05, 4.69) is 15.5 Å². The molecule has 0 bridgehead atoms. The monoisotopic (exact) mass is 473 g/mol. The third kappa shape index (κ3) is 6.07. The maximum atomic E-state index is 13.9.